The van der Waals surface area contributed by atoms with E-state index in [0.29, 0.717) is 18.1 Å². The van der Waals surface area contributed by atoms with Crippen molar-refractivity contribution in [3.8, 4) is 0 Å². The van der Waals surface area contributed by atoms with Gasteiger partial charge in [-0.05, 0) is 17.7 Å². The van der Waals surface area contributed by atoms with Gasteiger partial charge in [-0.25, -0.2) is 9.25 Å². The number of halogens is 2. The number of pyridine rings is 1. The van der Waals surface area contributed by atoms with Crippen molar-refractivity contribution < 1.29 is 21.9 Å². The molecule has 0 bridgehead atoms. The summed E-state index contributed by atoms with van der Waals surface area (Å²) in [7, 11) is 1.93. The van der Waals surface area contributed by atoms with Crippen molar-refractivity contribution in [2.75, 3.05) is 5.73 Å². The van der Waals surface area contributed by atoms with Gasteiger partial charge in [0.25, 0.3) is 5.69 Å². The van der Waals surface area contributed by atoms with Crippen LogP contribution in [0.15, 0.2) is 59.2 Å². The molecule has 2 aromatic heterocycles. The van der Waals surface area contributed by atoms with E-state index >= 15 is 0 Å². The lowest BCUT2D eigenvalue weighted by atomic mass is 10.3. The molecule has 0 unspecified atom stereocenters. The number of nitrogen functional groups attached to an aromatic ring is 1. The second kappa shape index (κ2) is 8.56. The highest BCUT2D eigenvalue weighted by molar-refractivity contribution is 6.30. The number of aromatic nitrogens is 3. The van der Waals surface area contributed by atoms with Crippen molar-refractivity contribution in [3.05, 3.63) is 69.6 Å². The summed E-state index contributed by atoms with van der Waals surface area (Å²) in [6.07, 6.45) is 5.31. The van der Waals surface area contributed by atoms with Gasteiger partial charge in [0.05, 0.1) is 17.7 Å². The topological polar surface area (TPSA) is 116 Å². The van der Waals surface area contributed by atoms with Gasteiger partial charge in [-0.1, -0.05) is 11.6 Å². The maximum atomic E-state index is 11.1. The molecule has 0 spiro atoms. The Hall–Kier alpha value is -3.04. The van der Waals surface area contributed by atoms with Gasteiger partial charge >= 0.3 is 0 Å². The molecule has 0 saturated carbocycles. The first-order chi connectivity index (χ1) is 12.4. The molecule has 0 saturated heterocycles. The molecule has 0 radical (unpaired) electrons. The van der Waals surface area contributed by atoms with E-state index in [1.807, 2.05) is 36.1 Å². The Kier molecular flexibility index (Phi) is 6.43. The minimum absolute atomic E-state index is 0. The largest absolute Gasteiger partial charge is 1.00 e. The van der Waals surface area contributed by atoms with Gasteiger partial charge in [-0.15, -0.1) is 10.2 Å². The lowest BCUT2D eigenvalue weighted by molar-refractivity contribution is -0.671. The van der Waals surface area contributed by atoms with Crippen LogP contribution in [-0.4, -0.2) is 14.7 Å². The van der Waals surface area contributed by atoms with E-state index < -0.39 is 4.92 Å². The van der Waals surface area contributed by atoms with Crippen LogP contribution in [0.1, 0.15) is 5.56 Å². The SMILES string of the molecule is C[n+]1ccc(Cn2ncc(N=Nc3ccc(Cl)cc3[N+](=O)[O-])c2N)cc1.[Cl-]. The first-order valence-electron chi connectivity index (χ1n) is 7.55. The Morgan fingerprint density at radius 1 is 1.26 bits per heavy atom. The van der Waals surface area contributed by atoms with E-state index in [9.17, 15) is 10.1 Å². The van der Waals surface area contributed by atoms with Gasteiger partial charge in [-0.3, -0.25) is 10.1 Å². The predicted octanol–water partition coefficient (Wildman–Crippen LogP) is 0.319. The summed E-state index contributed by atoms with van der Waals surface area (Å²) in [5, 5.41) is 23.4. The number of nitro groups is 1. The normalized spacial score (nSPS) is 10.7. The molecule has 1 aromatic carbocycles. The van der Waals surface area contributed by atoms with Gasteiger partial charge in [-0.2, -0.15) is 5.10 Å². The standard InChI is InChI=1S/C16H15ClN7O2.ClH/c1-22-6-4-11(5-7-22)10-23-16(18)14(9-19-23)21-20-13-3-2-12(17)8-15(13)24(25)26;/h2-9H,10,18H2,1H3;1H/q+1;/p-1. The van der Waals surface area contributed by atoms with Crippen LogP contribution in [0.5, 0.6) is 0 Å². The molecule has 0 aliphatic carbocycles. The third kappa shape index (κ3) is 4.78. The van der Waals surface area contributed by atoms with E-state index in [1.54, 1.807) is 4.68 Å². The Morgan fingerprint density at radius 3 is 2.59 bits per heavy atom. The Bertz CT molecular complexity index is 987. The molecule has 0 atom stereocenters. The first-order valence-corrected chi connectivity index (χ1v) is 7.93. The maximum Gasteiger partial charge on any atom is 0.298 e. The fraction of sp³-hybridized carbons (Fsp3) is 0.125. The highest BCUT2D eigenvalue weighted by Gasteiger charge is 2.15. The zero-order valence-electron chi connectivity index (χ0n) is 14.2. The van der Waals surface area contributed by atoms with Gasteiger partial charge in [0, 0.05) is 23.2 Å². The van der Waals surface area contributed by atoms with E-state index in [-0.39, 0.29) is 28.8 Å². The Balaban J connectivity index is 0.00000261. The summed E-state index contributed by atoms with van der Waals surface area (Å²) in [5.41, 5.74) is 7.26. The maximum absolute atomic E-state index is 11.1. The lowest BCUT2D eigenvalue weighted by Gasteiger charge is -2.03. The molecule has 9 nitrogen and oxygen atoms in total. The number of nitro benzene ring substituents is 1. The van der Waals surface area contributed by atoms with Crippen LogP contribution < -0.4 is 22.7 Å². The molecule has 2 N–H and O–H groups in total. The quantitative estimate of drug-likeness (QED) is 0.283. The highest BCUT2D eigenvalue weighted by Crippen LogP contribution is 2.32. The Labute approximate surface area is 165 Å². The highest BCUT2D eigenvalue weighted by atomic mass is 35.5. The molecule has 140 valence electrons. The average Bonchev–Trinajstić information content (AvgIpc) is 2.96. The van der Waals surface area contributed by atoms with Gasteiger partial charge < -0.3 is 18.1 Å². The summed E-state index contributed by atoms with van der Waals surface area (Å²) in [5.74, 6) is 0.318. The van der Waals surface area contributed by atoms with Gasteiger partial charge in [0.15, 0.2) is 18.1 Å². The first kappa shape index (κ1) is 20.3. The van der Waals surface area contributed by atoms with E-state index in [4.69, 9.17) is 17.3 Å². The van der Waals surface area contributed by atoms with Crippen molar-refractivity contribution in [2.24, 2.45) is 17.3 Å². The van der Waals surface area contributed by atoms with Crippen molar-refractivity contribution in [3.63, 3.8) is 0 Å². The number of nitrogens with zero attached hydrogens (tertiary/aromatic N) is 6. The molecule has 0 aliphatic rings. The zero-order valence-corrected chi connectivity index (χ0v) is 15.7. The number of hydrogen-bond donors (Lipinski definition) is 1. The van der Waals surface area contributed by atoms with Gasteiger partial charge in [0.1, 0.15) is 18.6 Å². The number of anilines is 1. The minimum atomic E-state index is -0.567. The fourth-order valence-corrected chi connectivity index (χ4v) is 2.40. The molecular formula is C16H15Cl2N7O2. The van der Waals surface area contributed by atoms with Crippen LogP contribution in [0.4, 0.5) is 22.9 Å². The van der Waals surface area contributed by atoms with Crippen molar-refractivity contribution in [2.45, 2.75) is 6.54 Å². The smallest absolute Gasteiger partial charge is 0.298 e. The van der Waals surface area contributed by atoms with E-state index in [0.717, 1.165) is 5.56 Å². The number of rotatable bonds is 5. The van der Waals surface area contributed by atoms with E-state index in [2.05, 4.69) is 15.3 Å². The van der Waals surface area contributed by atoms with Crippen LogP contribution in [0, 0.1) is 10.1 Å². The molecule has 0 aliphatic heterocycles. The number of azo groups is 1. The van der Waals surface area contributed by atoms with Crippen LogP contribution in [0.3, 0.4) is 0 Å². The molecule has 0 fully saturated rings. The summed E-state index contributed by atoms with van der Waals surface area (Å²) in [6.45, 7) is 0.475. The van der Waals surface area contributed by atoms with Crippen LogP contribution >= 0.6 is 11.6 Å². The summed E-state index contributed by atoms with van der Waals surface area (Å²) >= 11 is 5.78. The molecule has 27 heavy (non-hydrogen) atoms. The number of nitrogens with two attached hydrogens (primary N) is 1. The summed E-state index contributed by atoms with van der Waals surface area (Å²) in [6, 6.07) is 8.07. The zero-order chi connectivity index (χ0) is 18.7. The summed E-state index contributed by atoms with van der Waals surface area (Å²) < 4.78 is 3.51. The molecule has 3 aromatic rings. The van der Waals surface area contributed by atoms with Crippen LogP contribution in [0.2, 0.25) is 5.02 Å². The monoisotopic (exact) mass is 407 g/mol. The number of hydrogen-bond acceptors (Lipinski definition) is 6. The third-order valence-electron chi connectivity index (χ3n) is 3.64. The molecular weight excluding hydrogens is 393 g/mol. The molecule has 2 heterocycles. The van der Waals surface area contributed by atoms with Crippen LogP contribution in [0.25, 0.3) is 0 Å². The average molecular weight is 408 g/mol. The second-order valence-corrected chi connectivity index (χ2v) is 5.97. The van der Waals surface area contributed by atoms with Gasteiger partial charge in [0.2, 0.25) is 0 Å². The minimum Gasteiger partial charge on any atom is -1.00 e. The van der Waals surface area contributed by atoms with Crippen molar-refractivity contribution in [1.82, 2.24) is 9.78 Å². The van der Waals surface area contributed by atoms with Crippen molar-refractivity contribution in [1.29, 1.82) is 0 Å². The lowest BCUT2D eigenvalue weighted by Crippen LogP contribution is -3.00. The number of benzene rings is 1. The second-order valence-electron chi connectivity index (χ2n) is 5.53. The van der Waals surface area contributed by atoms with Crippen molar-refractivity contribution >= 4 is 34.5 Å². The third-order valence-corrected chi connectivity index (χ3v) is 3.87. The molecule has 11 heteroatoms. The van der Waals surface area contributed by atoms with Crippen LogP contribution in [-0.2, 0) is 13.6 Å². The molecule has 0 amide bonds. The number of aryl methyl sites for hydroxylation is 1. The van der Waals surface area contributed by atoms with E-state index in [1.165, 1.54) is 24.4 Å². The predicted molar refractivity (Wildman–Crippen MR) is 95.6 cm³/mol. The summed E-state index contributed by atoms with van der Waals surface area (Å²) in [4.78, 5) is 10.5. The Morgan fingerprint density at radius 2 is 1.93 bits per heavy atom. The fourth-order valence-electron chi connectivity index (χ4n) is 2.23. The molecule has 3 rings (SSSR count).